The number of ether oxygens (including phenoxy) is 3. The van der Waals surface area contributed by atoms with Gasteiger partial charge in [-0.2, -0.15) is 0 Å². The Morgan fingerprint density at radius 3 is 2.36 bits per heavy atom. The van der Waals surface area contributed by atoms with Crippen molar-refractivity contribution in [3.63, 3.8) is 0 Å². The molecule has 0 bridgehead atoms. The molecule has 9 nitrogen and oxygen atoms in total. The number of hydrogen-bond acceptors (Lipinski definition) is 7. The lowest BCUT2D eigenvalue weighted by atomic mass is 10.0. The summed E-state index contributed by atoms with van der Waals surface area (Å²) in [5, 5.41) is 2.90. The van der Waals surface area contributed by atoms with E-state index in [0.29, 0.717) is 82.3 Å². The molecule has 36 heavy (non-hydrogen) atoms. The van der Waals surface area contributed by atoms with Crippen molar-refractivity contribution in [3.8, 4) is 17.2 Å². The molecule has 0 saturated carbocycles. The Labute approximate surface area is 211 Å². The minimum absolute atomic E-state index is 0.0110. The molecular weight excluding hydrogens is 462 g/mol. The van der Waals surface area contributed by atoms with Crippen molar-refractivity contribution in [3.05, 3.63) is 48.0 Å². The Balaban J connectivity index is 1.14. The van der Waals surface area contributed by atoms with Crippen LogP contribution in [0.1, 0.15) is 36.5 Å². The van der Waals surface area contributed by atoms with Crippen LogP contribution in [0.5, 0.6) is 17.2 Å². The normalized spacial score (nSPS) is 15.3. The smallest absolute Gasteiger partial charge is 0.238 e. The largest absolute Gasteiger partial charge is 0.494 e. The number of hydrogen-bond donors (Lipinski definition) is 1. The van der Waals surface area contributed by atoms with Crippen molar-refractivity contribution in [2.45, 2.75) is 26.2 Å². The number of fused-ring (bicyclic) bond motifs is 1. The van der Waals surface area contributed by atoms with E-state index in [4.69, 9.17) is 14.2 Å². The van der Waals surface area contributed by atoms with E-state index >= 15 is 0 Å². The van der Waals surface area contributed by atoms with E-state index in [-0.39, 0.29) is 24.1 Å². The number of Topliss-reactive ketones (excluding diaryl/α,β-unsaturated/α-hetero) is 1. The zero-order valence-corrected chi connectivity index (χ0v) is 20.7. The van der Waals surface area contributed by atoms with Crippen molar-refractivity contribution < 1.29 is 28.6 Å². The van der Waals surface area contributed by atoms with E-state index in [1.165, 1.54) is 0 Å². The van der Waals surface area contributed by atoms with Crippen LogP contribution < -0.4 is 19.5 Å². The number of ketones is 1. The van der Waals surface area contributed by atoms with E-state index in [2.05, 4.69) is 5.32 Å². The van der Waals surface area contributed by atoms with Crippen LogP contribution in [0.2, 0.25) is 0 Å². The second-order valence-corrected chi connectivity index (χ2v) is 8.80. The zero-order valence-electron chi connectivity index (χ0n) is 20.7. The molecule has 4 rings (SSSR count). The van der Waals surface area contributed by atoms with Crippen molar-refractivity contribution in [2.75, 3.05) is 57.9 Å². The summed E-state index contributed by atoms with van der Waals surface area (Å²) in [6.45, 7) is 6.20. The SMILES string of the molecule is CCOc1ccc(NC(=O)CN2CCN(C(=O)CCCC(=O)c3ccc4c(c3)OCCO4)CC2)cc1. The number of piperazine rings is 1. The fraction of sp³-hybridized carbons (Fsp3) is 0.444. The molecule has 192 valence electrons. The third kappa shape index (κ3) is 6.97. The maximum atomic E-state index is 12.6. The van der Waals surface area contributed by atoms with Crippen LogP contribution >= 0.6 is 0 Å². The molecule has 0 atom stereocenters. The number of nitrogens with zero attached hydrogens (tertiary/aromatic N) is 2. The quantitative estimate of drug-likeness (QED) is 0.506. The summed E-state index contributed by atoms with van der Waals surface area (Å²) in [5.74, 6) is 1.96. The lowest BCUT2D eigenvalue weighted by Gasteiger charge is -2.34. The molecule has 0 unspecified atom stereocenters. The first kappa shape index (κ1) is 25.5. The molecule has 0 aliphatic carbocycles. The summed E-state index contributed by atoms with van der Waals surface area (Å²) in [6, 6.07) is 12.5. The van der Waals surface area contributed by atoms with Crippen LogP contribution in [0.4, 0.5) is 5.69 Å². The van der Waals surface area contributed by atoms with Gasteiger partial charge in [0.2, 0.25) is 11.8 Å². The van der Waals surface area contributed by atoms with Gasteiger partial charge in [-0.3, -0.25) is 19.3 Å². The van der Waals surface area contributed by atoms with Gasteiger partial charge in [0.15, 0.2) is 17.3 Å². The third-order valence-electron chi connectivity index (χ3n) is 6.20. The van der Waals surface area contributed by atoms with Gasteiger partial charge in [-0.1, -0.05) is 0 Å². The summed E-state index contributed by atoms with van der Waals surface area (Å²) in [4.78, 5) is 41.4. The first-order valence-electron chi connectivity index (χ1n) is 12.5. The Hall–Kier alpha value is -3.59. The molecule has 2 aromatic carbocycles. The predicted molar refractivity (Wildman–Crippen MR) is 135 cm³/mol. The molecule has 2 amide bonds. The van der Waals surface area contributed by atoms with Gasteiger partial charge >= 0.3 is 0 Å². The maximum absolute atomic E-state index is 12.6. The van der Waals surface area contributed by atoms with Crippen molar-refractivity contribution in [1.29, 1.82) is 0 Å². The fourth-order valence-corrected chi connectivity index (χ4v) is 4.28. The molecule has 2 aromatic rings. The minimum atomic E-state index is -0.0865. The Kier molecular flexibility index (Phi) is 8.78. The molecule has 2 heterocycles. The lowest BCUT2D eigenvalue weighted by molar-refractivity contribution is -0.133. The van der Waals surface area contributed by atoms with Crippen LogP contribution in [0.15, 0.2) is 42.5 Å². The molecule has 2 aliphatic heterocycles. The van der Waals surface area contributed by atoms with Crippen molar-refractivity contribution in [1.82, 2.24) is 9.80 Å². The van der Waals surface area contributed by atoms with Gasteiger partial charge in [0.05, 0.1) is 13.2 Å². The second kappa shape index (κ2) is 12.4. The molecular formula is C27H33N3O6. The van der Waals surface area contributed by atoms with Crippen LogP contribution in [0.25, 0.3) is 0 Å². The summed E-state index contributed by atoms with van der Waals surface area (Å²) in [6.07, 6.45) is 1.13. The van der Waals surface area contributed by atoms with Gasteiger partial charge in [0.1, 0.15) is 19.0 Å². The second-order valence-electron chi connectivity index (χ2n) is 8.80. The maximum Gasteiger partial charge on any atom is 0.238 e. The molecule has 1 N–H and O–H groups in total. The number of nitrogens with one attached hydrogen (secondary N) is 1. The van der Waals surface area contributed by atoms with Crippen LogP contribution in [-0.4, -0.2) is 79.9 Å². The van der Waals surface area contributed by atoms with Gasteiger partial charge in [-0.05, 0) is 55.8 Å². The molecule has 0 spiro atoms. The van der Waals surface area contributed by atoms with E-state index in [9.17, 15) is 14.4 Å². The topological polar surface area (TPSA) is 97.4 Å². The zero-order chi connectivity index (χ0) is 25.3. The van der Waals surface area contributed by atoms with Gasteiger partial charge in [0, 0.05) is 50.3 Å². The number of rotatable bonds is 10. The Bertz CT molecular complexity index is 1060. The molecule has 9 heteroatoms. The highest BCUT2D eigenvalue weighted by molar-refractivity contribution is 5.97. The lowest BCUT2D eigenvalue weighted by Crippen LogP contribution is -2.50. The molecule has 1 saturated heterocycles. The van der Waals surface area contributed by atoms with Crippen molar-refractivity contribution in [2.24, 2.45) is 0 Å². The molecule has 1 fully saturated rings. The van der Waals surface area contributed by atoms with Gasteiger partial charge in [-0.25, -0.2) is 0 Å². The minimum Gasteiger partial charge on any atom is -0.494 e. The average Bonchev–Trinajstić information content (AvgIpc) is 2.90. The van der Waals surface area contributed by atoms with E-state index in [0.717, 1.165) is 11.4 Å². The summed E-state index contributed by atoms with van der Waals surface area (Å²) in [7, 11) is 0. The number of carbonyl (C=O) groups excluding carboxylic acids is 3. The Morgan fingerprint density at radius 1 is 0.917 bits per heavy atom. The standard InChI is InChI=1S/C27H33N3O6/c1-2-34-22-9-7-21(8-10-22)28-26(32)19-29-12-14-30(15-13-29)27(33)5-3-4-23(31)20-6-11-24-25(18-20)36-17-16-35-24/h6-11,18H,2-5,12-17,19H2,1H3,(H,28,32). The van der Waals surface area contributed by atoms with Crippen LogP contribution in [0.3, 0.4) is 0 Å². The van der Waals surface area contributed by atoms with Crippen LogP contribution in [0, 0.1) is 0 Å². The molecule has 2 aliphatic rings. The summed E-state index contributed by atoms with van der Waals surface area (Å²) >= 11 is 0. The predicted octanol–water partition coefficient (Wildman–Crippen LogP) is 2.99. The number of benzene rings is 2. The highest BCUT2D eigenvalue weighted by Crippen LogP contribution is 2.31. The highest BCUT2D eigenvalue weighted by Gasteiger charge is 2.23. The number of amides is 2. The first-order chi connectivity index (χ1) is 17.5. The van der Waals surface area contributed by atoms with Crippen LogP contribution in [-0.2, 0) is 9.59 Å². The van der Waals surface area contributed by atoms with E-state index < -0.39 is 0 Å². The first-order valence-corrected chi connectivity index (χ1v) is 12.5. The van der Waals surface area contributed by atoms with E-state index in [1.54, 1.807) is 18.2 Å². The van der Waals surface area contributed by atoms with Crippen molar-refractivity contribution >= 4 is 23.3 Å². The highest BCUT2D eigenvalue weighted by atomic mass is 16.6. The monoisotopic (exact) mass is 495 g/mol. The number of anilines is 1. The average molecular weight is 496 g/mol. The molecule has 0 aromatic heterocycles. The van der Waals surface area contributed by atoms with Gasteiger partial charge < -0.3 is 24.4 Å². The summed E-state index contributed by atoms with van der Waals surface area (Å²) < 4.78 is 16.4. The van der Waals surface area contributed by atoms with Gasteiger partial charge in [-0.15, -0.1) is 0 Å². The Morgan fingerprint density at radius 2 is 1.64 bits per heavy atom. The fourth-order valence-electron chi connectivity index (χ4n) is 4.28. The third-order valence-corrected chi connectivity index (χ3v) is 6.20. The van der Waals surface area contributed by atoms with Gasteiger partial charge in [0.25, 0.3) is 0 Å². The van der Waals surface area contributed by atoms with E-state index in [1.807, 2.05) is 41.0 Å². The number of carbonyl (C=O) groups is 3. The molecule has 0 radical (unpaired) electrons. The summed E-state index contributed by atoms with van der Waals surface area (Å²) in [5.41, 5.74) is 1.30.